The zero-order valence-corrected chi connectivity index (χ0v) is 22.2. The third-order valence-corrected chi connectivity index (χ3v) is 5.74. The standard InChI is InChI=1S/C25H28ClFN10O2/c1-25(2,39)20(27)13-33-24(38)17-12-31-21(35-22-18(26)8-14(10-28)11-32-22)9-19(17)34-16-6-4-15(5-7-16)23(36-29)37(3)30/h4-9,11-12,20,39H,13,29-30H2,1-3H3,(H,33,38)(H2,31,32,34,35)/b36-23-/t20-/m1/s1. The summed E-state index contributed by atoms with van der Waals surface area (Å²) in [6.07, 6.45) is 0.957. The first-order chi connectivity index (χ1) is 18.4. The zero-order valence-electron chi connectivity index (χ0n) is 21.4. The number of nitrogens with one attached hydrogen (secondary N) is 3. The summed E-state index contributed by atoms with van der Waals surface area (Å²) < 4.78 is 14.2. The van der Waals surface area contributed by atoms with E-state index in [1.807, 2.05) is 6.07 Å². The number of hydrogen-bond acceptors (Lipinski definition) is 10. The van der Waals surface area contributed by atoms with E-state index in [2.05, 4.69) is 31.0 Å². The number of nitrogens with zero attached hydrogens (tertiary/aromatic N) is 5. The van der Waals surface area contributed by atoms with Gasteiger partial charge >= 0.3 is 0 Å². The maximum absolute atomic E-state index is 14.2. The van der Waals surface area contributed by atoms with E-state index in [-0.39, 0.29) is 27.8 Å². The van der Waals surface area contributed by atoms with Crippen molar-refractivity contribution < 1.29 is 14.3 Å². The van der Waals surface area contributed by atoms with Crippen LogP contribution in [-0.2, 0) is 0 Å². The van der Waals surface area contributed by atoms with E-state index < -0.39 is 24.2 Å². The maximum Gasteiger partial charge on any atom is 0.255 e. The number of amidine groups is 1. The van der Waals surface area contributed by atoms with E-state index in [0.29, 0.717) is 22.8 Å². The van der Waals surface area contributed by atoms with Crippen LogP contribution in [0.15, 0.2) is 53.9 Å². The average Bonchev–Trinajstić information content (AvgIpc) is 2.89. The number of carbonyl (C=O) groups is 1. The first kappa shape index (κ1) is 29.1. The first-order valence-electron chi connectivity index (χ1n) is 11.5. The van der Waals surface area contributed by atoms with Gasteiger partial charge in [0.2, 0.25) is 0 Å². The van der Waals surface area contributed by atoms with Gasteiger partial charge in [0.25, 0.3) is 5.91 Å². The Kier molecular flexibility index (Phi) is 9.20. The molecule has 3 aromatic rings. The molecule has 2 aromatic heterocycles. The molecule has 204 valence electrons. The lowest BCUT2D eigenvalue weighted by Crippen LogP contribution is -2.42. The van der Waals surface area contributed by atoms with Gasteiger partial charge < -0.3 is 26.9 Å². The number of halogens is 2. The summed E-state index contributed by atoms with van der Waals surface area (Å²) in [7, 11) is 1.60. The van der Waals surface area contributed by atoms with Gasteiger partial charge in [0.05, 0.1) is 34.0 Å². The van der Waals surface area contributed by atoms with E-state index in [0.717, 1.165) is 0 Å². The molecule has 8 N–H and O–H groups in total. The van der Waals surface area contributed by atoms with Gasteiger partial charge in [-0.05, 0) is 44.2 Å². The van der Waals surface area contributed by atoms with Gasteiger partial charge in [0.15, 0.2) is 5.84 Å². The van der Waals surface area contributed by atoms with Crippen molar-refractivity contribution in [2.75, 3.05) is 24.2 Å². The summed E-state index contributed by atoms with van der Waals surface area (Å²) in [5, 5.41) is 32.6. The van der Waals surface area contributed by atoms with Gasteiger partial charge in [-0.15, -0.1) is 0 Å². The normalized spacial score (nSPS) is 12.3. The molecule has 0 spiro atoms. The molecule has 0 saturated carbocycles. The van der Waals surface area contributed by atoms with Crippen molar-refractivity contribution in [2.45, 2.75) is 25.6 Å². The molecule has 14 heteroatoms. The number of carbonyl (C=O) groups excluding carboxylic acids is 1. The third kappa shape index (κ3) is 7.51. The minimum absolute atomic E-state index is 0.109. The molecule has 0 bridgehead atoms. The largest absolute Gasteiger partial charge is 0.387 e. The zero-order chi connectivity index (χ0) is 28.7. The number of aromatic nitrogens is 2. The van der Waals surface area contributed by atoms with Crippen molar-refractivity contribution in [2.24, 2.45) is 16.8 Å². The number of hydrogen-bond donors (Lipinski definition) is 6. The van der Waals surface area contributed by atoms with E-state index in [1.54, 1.807) is 37.4 Å². The molecule has 39 heavy (non-hydrogen) atoms. The molecule has 0 aliphatic rings. The quantitative estimate of drug-likeness (QED) is 0.0991. The van der Waals surface area contributed by atoms with Gasteiger partial charge in [-0.1, -0.05) is 11.6 Å². The molecule has 2 heterocycles. The van der Waals surface area contributed by atoms with Crippen LogP contribution in [0.3, 0.4) is 0 Å². The average molecular weight is 555 g/mol. The highest BCUT2D eigenvalue weighted by Gasteiger charge is 2.27. The topological polar surface area (TPSA) is 191 Å². The number of nitriles is 1. The van der Waals surface area contributed by atoms with E-state index in [4.69, 9.17) is 28.5 Å². The number of nitrogens with two attached hydrogens (primary N) is 2. The molecule has 12 nitrogen and oxygen atoms in total. The first-order valence-corrected chi connectivity index (χ1v) is 11.9. The highest BCUT2D eigenvalue weighted by Crippen LogP contribution is 2.28. The fourth-order valence-electron chi connectivity index (χ4n) is 3.28. The van der Waals surface area contributed by atoms with Gasteiger partial charge in [-0.25, -0.2) is 20.2 Å². The molecule has 1 aromatic carbocycles. The lowest BCUT2D eigenvalue weighted by atomic mass is 10.0. The van der Waals surface area contributed by atoms with Gasteiger partial charge in [-0.2, -0.15) is 10.4 Å². The van der Waals surface area contributed by atoms with Crippen molar-refractivity contribution in [3.63, 3.8) is 0 Å². The molecule has 1 atom stereocenters. The van der Waals surface area contributed by atoms with E-state index >= 15 is 0 Å². The lowest BCUT2D eigenvalue weighted by Gasteiger charge is -2.22. The van der Waals surface area contributed by atoms with Crippen molar-refractivity contribution in [3.05, 3.63) is 70.5 Å². The Bertz CT molecular complexity index is 1400. The Morgan fingerprint density at radius 1 is 1.26 bits per heavy atom. The summed E-state index contributed by atoms with van der Waals surface area (Å²) >= 11 is 6.22. The second-order valence-corrected chi connectivity index (χ2v) is 9.41. The number of pyridine rings is 2. The van der Waals surface area contributed by atoms with Crippen LogP contribution in [0, 0.1) is 11.3 Å². The number of amides is 1. The molecule has 0 fully saturated rings. The monoisotopic (exact) mass is 554 g/mol. The van der Waals surface area contributed by atoms with Crippen LogP contribution in [0.5, 0.6) is 0 Å². The van der Waals surface area contributed by atoms with Crippen LogP contribution in [0.1, 0.15) is 35.3 Å². The molecular formula is C25H28ClFN10O2. The Balaban J connectivity index is 1.92. The number of anilines is 4. The summed E-state index contributed by atoms with van der Waals surface area (Å²) in [5.74, 6) is 11.5. The summed E-state index contributed by atoms with van der Waals surface area (Å²) in [6.45, 7) is 2.22. The fraction of sp³-hybridized carbons (Fsp3) is 0.240. The van der Waals surface area contributed by atoms with Crippen molar-refractivity contribution in [3.8, 4) is 6.07 Å². The van der Waals surface area contributed by atoms with Gasteiger partial charge in [0.1, 0.15) is 23.9 Å². The maximum atomic E-state index is 14.2. The van der Waals surface area contributed by atoms with Crippen molar-refractivity contribution >= 4 is 46.4 Å². The summed E-state index contributed by atoms with van der Waals surface area (Å²) in [6, 6.07) is 11.9. The number of alkyl halides is 1. The van der Waals surface area contributed by atoms with Crippen LogP contribution in [0.2, 0.25) is 5.02 Å². The number of rotatable bonds is 9. The molecular weight excluding hydrogens is 527 g/mol. The van der Waals surface area contributed by atoms with Crippen LogP contribution in [0.25, 0.3) is 0 Å². The molecule has 0 aliphatic heterocycles. The van der Waals surface area contributed by atoms with Gasteiger partial charge in [0, 0.05) is 36.8 Å². The minimum Gasteiger partial charge on any atom is -0.387 e. The summed E-state index contributed by atoms with van der Waals surface area (Å²) in [4.78, 5) is 21.4. The number of aliphatic hydroxyl groups is 1. The van der Waals surface area contributed by atoms with E-state index in [1.165, 1.54) is 37.3 Å². The second-order valence-electron chi connectivity index (χ2n) is 9.00. The Labute approximate surface area is 229 Å². The molecule has 3 rings (SSSR count). The Morgan fingerprint density at radius 2 is 1.95 bits per heavy atom. The third-order valence-electron chi connectivity index (χ3n) is 5.45. The number of hydrazone groups is 1. The van der Waals surface area contributed by atoms with Crippen molar-refractivity contribution in [1.82, 2.24) is 20.3 Å². The second kappa shape index (κ2) is 12.4. The number of hydrazine groups is 1. The van der Waals surface area contributed by atoms with Crippen LogP contribution in [0.4, 0.5) is 27.4 Å². The molecule has 0 aliphatic carbocycles. The summed E-state index contributed by atoms with van der Waals surface area (Å²) in [5.41, 5.74) is 0.346. The van der Waals surface area contributed by atoms with Crippen LogP contribution in [-0.4, -0.2) is 57.2 Å². The highest BCUT2D eigenvalue weighted by molar-refractivity contribution is 6.33. The molecule has 1 amide bonds. The minimum atomic E-state index is -1.69. The van der Waals surface area contributed by atoms with Crippen LogP contribution < -0.4 is 27.6 Å². The predicted molar refractivity (Wildman–Crippen MR) is 147 cm³/mol. The van der Waals surface area contributed by atoms with Gasteiger partial charge in [-0.3, -0.25) is 9.80 Å². The molecule has 0 saturated heterocycles. The fourth-order valence-corrected chi connectivity index (χ4v) is 3.49. The Morgan fingerprint density at radius 3 is 2.51 bits per heavy atom. The molecule has 0 unspecified atom stereocenters. The lowest BCUT2D eigenvalue weighted by molar-refractivity contribution is -0.00177. The SMILES string of the molecule is CN(N)/C(=N\N)c1ccc(Nc2cc(Nc3ncc(C#N)cc3Cl)ncc2C(=O)NC[C@@H](F)C(C)(C)O)cc1. The van der Waals surface area contributed by atoms with E-state index in [9.17, 15) is 14.3 Å². The highest BCUT2D eigenvalue weighted by atomic mass is 35.5. The van der Waals surface area contributed by atoms with Crippen LogP contribution >= 0.6 is 11.6 Å². The Hall–Kier alpha value is -4.51. The predicted octanol–water partition coefficient (Wildman–Crippen LogP) is 2.75. The van der Waals surface area contributed by atoms with Crippen molar-refractivity contribution in [1.29, 1.82) is 5.26 Å². The number of benzene rings is 1. The smallest absolute Gasteiger partial charge is 0.255 e. The molecule has 0 radical (unpaired) electrons.